The minimum atomic E-state index is -0.559. The van der Waals surface area contributed by atoms with Crippen molar-refractivity contribution in [2.45, 2.75) is 32.4 Å². The molecule has 0 aliphatic carbocycles. The molecule has 0 fully saturated rings. The third-order valence-corrected chi connectivity index (χ3v) is 3.24. The summed E-state index contributed by atoms with van der Waals surface area (Å²) in [6.07, 6.45) is -1.12. The number of benzene rings is 1. The van der Waals surface area contributed by atoms with E-state index < -0.39 is 18.2 Å². The number of aliphatic hydroxyl groups excluding tert-OH is 1. The predicted octanol–water partition coefficient (Wildman–Crippen LogP) is 2.65. The Morgan fingerprint density at radius 1 is 1.00 bits per heavy atom. The molecule has 0 aliphatic heterocycles. The molecule has 1 atom stereocenters. The average Bonchev–Trinajstić information content (AvgIpc) is 2.51. The summed E-state index contributed by atoms with van der Waals surface area (Å²) < 4.78 is 10.6. The fourth-order valence-electron chi connectivity index (χ4n) is 2.05. The lowest BCUT2D eigenvalue weighted by atomic mass is 10.0. The smallest absolute Gasteiger partial charge is 0.410 e. The number of nitrogens with one attached hydrogen (secondary N) is 1. The zero-order chi connectivity index (χ0) is 20.1. The standard InChI is InChI=1S/C18H29N3O5.ClH/c1-18(2,3)19-15(11-22)12-8-13(25-16(23)20(4)5)10-14(9-12)26-17(24)21(6)7;/h8-10,15,19,22H,11H2,1-7H3;1H/t15-;/m1./s1. The minimum absolute atomic E-state index is 0. The van der Waals surface area contributed by atoms with Gasteiger partial charge in [0.1, 0.15) is 11.5 Å². The van der Waals surface area contributed by atoms with Gasteiger partial charge in [0.2, 0.25) is 0 Å². The highest BCUT2D eigenvalue weighted by atomic mass is 35.5. The van der Waals surface area contributed by atoms with E-state index in [2.05, 4.69) is 5.32 Å². The highest BCUT2D eigenvalue weighted by Gasteiger charge is 2.21. The van der Waals surface area contributed by atoms with Crippen LogP contribution in [0.25, 0.3) is 0 Å². The first-order chi connectivity index (χ1) is 11.9. The molecule has 9 heteroatoms. The van der Waals surface area contributed by atoms with Crippen molar-refractivity contribution >= 4 is 24.6 Å². The second-order valence-corrected chi connectivity index (χ2v) is 7.39. The molecule has 0 radical (unpaired) electrons. The van der Waals surface area contributed by atoms with Crippen molar-refractivity contribution in [2.75, 3.05) is 34.8 Å². The number of rotatable bonds is 5. The Morgan fingerprint density at radius 2 is 1.41 bits per heavy atom. The van der Waals surface area contributed by atoms with Crippen molar-refractivity contribution in [1.82, 2.24) is 15.1 Å². The van der Waals surface area contributed by atoms with E-state index in [9.17, 15) is 14.7 Å². The van der Waals surface area contributed by atoms with Crippen molar-refractivity contribution in [1.29, 1.82) is 0 Å². The molecular formula is C18H30ClN3O5. The Balaban J connectivity index is 0.00000676. The molecule has 0 spiro atoms. The SMILES string of the molecule is CN(C)C(=O)Oc1cc(OC(=O)N(C)C)cc([C@@H](CO)NC(C)(C)C)c1.Cl. The van der Waals surface area contributed by atoms with Gasteiger partial charge in [-0.2, -0.15) is 0 Å². The summed E-state index contributed by atoms with van der Waals surface area (Å²) in [6.45, 7) is 5.74. The van der Waals surface area contributed by atoms with E-state index in [1.54, 1.807) is 40.3 Å². The third kappa shape index (κ3) is 8.47. The zero-order valence-corrected chi connectivity index (χ0v) is 17.7. The van der Waals surface area contributed by atoms with E-state index >= 15 is 0 Å². The van der Waals surface area contributed by atoms with Gasteiger partial charge in [-0.05, 0) is 38.5 Å². The van der Waals surface area contributed by atoms with Crippen LogP contribution in [0.3, 0.4) is 0 Å². The van der Waals surface area contributed by atoms with E-state index in [0.29, 0.717) is 5.56 Å². The van der Waals surface area contributed by atoms with Gasteiger partial charge >= 0.3 is 12.2 Å². The lowest BCUT2D eigenvalue weighted by molar-refractivity contribution is 0.169. The van der Waals surface area contributed by atoms with Gasteiger partial charge in [-0.1, -0.05) is 0 Å². The van der Waals surface area contributed by atoms with Crippen molar-refractivity contribution < 1.29 is 24.2 Å². The minimum Gasteiger partial charge on any atom is -0.410 e. The van der Waals surface area contributed by atoms with Crippen LogP contribution in [0, 0.1) is 0 Å². The van der Waals surface area contributed by atoms with Gasteiger partial charge < -0.3 is 29.7 Å². The molecule has 154 valence electrons. The van der Waals surface area contributed by atoms with Gasteiger partial charge in [-0.3, -0.25) is 0 Å². The number of amides is 2. The maximum Gasteiger partial charge on any atom is 0.414 e. The van der Waals surface area contributed by atoms with Crippen LogP contribution < -0.4 is 14.8 Å². The number of nitrogens with zero attached hydrogens (tertiary/aromatic N) is 2. The second kappa shape index (κ2) is 10.3. The number of hydrogen-bond acceptors (Lipinski definition) is 6. The first kappa shape index (κ1) is 25.0. The highest BCUT2D eigenvalue weighted by Crippen LogP contribution is 2.28. The Morgan fingerprint density at radius 3 is 1.70 bits per heavy atom. The Bertz CT molecular complexity index is 604. The van der Waals surface area contributed by atoms with Crippen molar-refractivity contribution in [3.05, 3.63) is 23.8 Å². The zero-order valence-electron chi connectivity index (χ0n) is 16.9. The van der Waals surface area contributed by atoms with Crippen molar-refractivity contribution in [3.8, 4) is 11.5 Å². The van der Waals surface area contributed by atoms with E-state index in [-0.39, 0.29) is 36.1 Å². The molecule has 8 nitrogen and oxygen atoms in total. The molecule has 1 aromatic carbocycles. The molecule has 0 saturated carbocycles. The number of halogens is 1. The van der Waals surface area contributed by atoms with E-state index in [4.69, 9.17) is 9.47 Å². The summed E-state index contributed by atoms with van der Waals surface area (Å²) in [5.74, 6) is 0.439. The molecule has 1 aromatic rings. The molecule has 0 heterocycles. The van der Waals surface area contributed by atoms with Crippen LogP contribution in [0.15, 0.2) is 18.2 Å². The summed E-state index contributed by atoms with van der Waals surface area (Å²) in [7, 11) is 6.27. The maximum atomic E-state index is 11.9. The summed E-state index contributed by atoms with van der Waals surface area (Å²) in [5, 5.41) is 13.0. The fourth-order valence-corrected chi connectivity index (χ4v) is 2.05. The number of carbonyl (C=O) groups is 2. The predicted molar refractivity (Wildman–Crippen MR) is 106 cm³/mol. The van der Waals surface area contributed by atoms with Gasteiger partial charge in [-0.15, -0.1) is 12.4 Å². The molecule has 2 N–H and O–H groups in total. The lowest BCUT2D eigenvalue weighted by Gasteiger charge is -2.28. The first-order valence-corrected chi connectivity index (χ1v) is 8.24. The van der Waals surface area contributed by atoms with E-state index in [0.717, 1.165) is 0 Å². The van der Waals surface area contributed by atoms with Gasteiger partial charge in [0.25, 0.3) is 0 Å². The monoisotopic (exact) mass is 403 g/mol. The number of hydrogen-bond donors (Lipinski definition) is 2. The molecular weight excluding hydrogens is 374 g/mol. The average molecular weight is 404 g/mol. The molecule has 0 aliphatic rings. The number of ether oxygens (including phenoxy) is 2. The van der Waals surface area contributed by atoms with Crippen LogP contribution in [-0.2, 0) is 0 Å². The third-order valence-electron chi connectivity index (χ3n) is 3.24. The quantitative estimate of drug-likeness (QED) is 0.785. The maximum absolute atomic E-state index is 11.9. The topological polar surface area (TPSA) is 91.3 Å². The largest absolute Gasteiger partial charge is 0.414 e. The van der Waals surface area contributed by atoms with E-state index in [1.165, 1.54) is 15.9 Å². The van der Waals surface area contributed by atoms with Gasteiger partial charge in [0, 0.05) is 39.8 Å². The molecule has 1 rings (SSSR count). The molecule has 0 unspecified atom stereocenters. The van der Waals surface area contributed by atoms with Crippen LogP contribution >= 0.6 is 12.4 Å². The second-order valence-electron chi connectivity index (χ2n) is 7.39. The lowest BCUT2D eigenvalue weighted by Crippen LogP contribution is -2.40. The summed E-state index contributed by atoms with van der Waals surface area (Å²) in [5.41, 5.74) is 0.373. The van der Waals surface area contributed by atoms with Gasteiger partial charge in [-0.25, -0.2) is 9.59 Å². The molecule has 0 bridgehead atoms. The van der Waals surface area contributed by atoms with Crippen LogP contribution in [-0.4, -0.2) is 67.4 Å². The molecule has 27 heavy (non-hydrogen) atoms. The molecule has 0 saturated heterocycles. The normalized spacial score (nSPS) is 11.9. The van der Waals surface area contributed by atoms with Crippen molar-refractivity contribution in [2.24, 2.45) is 0 Å². The van der Waals surface area contributed by atoms with Crippen LogP contribution in [0.5, 0.6) is 11.5 Å². The highest BCUT2D eigenvalue weighted by molar-refractivity contribution is 5.85. The van der Waals surface area contributed by atoms with E-state index in [1.807, 2.05) is 20.8 Å². The number of carbonyl (C=O) groups excluding carboxylic acids is 2. The van der Waals surface area contributed by atoms with Crippen molar-refractivity contribution in [3.63, 3.8) is 0 Å². The Kier molecular flexibility index (Phi) is 9.56. The van der Waals surface area contributed by atoms with Gasteiger partial charge in [0.15, 0.2) is 0 Å². The molecule has 0 aromatic heterocycles. The summed E-state index contributed by atoms with van der Waals surface area (Å²) >= 11 is 0. The van der Waals surface area contributed by atoms with Crippen LogP contribution in [0.4, 0.5) is 9.59 Å². The Hall–Kier alpha value is -2.03. The fraction of sp³-hybridized carbons (Fsp3) is 0.556. The summed E-state index contributed by atoms with van der Waals surface area (Å²) in [4.78, 5) is 26.3. The van der Waals surface area contributed by atoms with Crippen LogP contribution in [0.2, 0.25) is 0 Å². The summed E-state index contributed by atoms with van der Waals surface area (Å²) in [6, 6.07) is 4.30. The Labute approximate surface area is 166 Å². The van der Waals surface area contributed by atoms with Gasteiger partial charge in [0.05, 0.1) is 12.6 Å². The van der Waals surface area contributed by atoms with Crippen LogP contribution in [0.1, 0.15) is 32.4 Å². The number of aliphatic hydroxyl groups is 1. The molecule has 2 amide bonds. The first-order valence-electron chi connectivity index (χ1n) is 8.24.